The summed E-state index contributed by atoms with van der Waals surface area (Å²) in [6, 6.07) is 11.9. The standard InChI is InChI=1S/C24H30Cl2N2O4/c1-4-13-27-24(30)17(2)28(16-18-7-12-21(25)22(26)15-18)23(29)6-5-14-32-20-10-8-19(31-3)9-11-20/h7-12,15,17H,4-6,13-14,16H2,1-3H3,(H,27,30). The predicted molar refractivity (Wildman–Crippen MR) is 127 cm³/mol. The minimum Gasteiger partial charge on any atom is -0.497 e. The Bertz CT molecular complexity index is 890. The van der Waals surface area contributed by atoms with Crippen molar-refractivity contribution in [3.63, 3.8) is 0 Å². The third-order valence-corrected chi connectivity index (χ3v) is 5.66. The molecule has 0 spiro atoms. The largest absolute Gasteiger partial charge is 0.497 e. The van der Waals surface area contributed by atoms with E-state index in [4.69, 9.17) is 32.7 Å². The van der Waals surface area contributed by atoms with Crippen LogP contribution < -0.4 is 14.8 Å². The molecule has 1 atom stereocenters. The fourth-order valence-corrected chi connectivity index (χ4v) is 3.36. The van der Waals surface area contributed by atoms with E-state index in [2.05, 4.69) is 5.32 Å². The van der Waals surface area contributed by atoms with Gasteiger partial charge in [0.15, 0.2) is 0 Å². The van der Waals surface area contributed by atoms with Crippen molar-refractivity contribution in [2.45, 2.75) is 45.7 Å². The van der Waals surface area contributed by atoms with Crippen LogP contribution in [0.15, 0.2) is 42.5 Å². The lowest BCUT2D eigenvalue weighted by atomic mass is 10.1. The van der Waals surface area contributed by atoms with Crippen LogP contribution in [0.2, 0.25) is 10.0 Å². The summed E-state index contributed by atoms with van der Waals surface area (Å²) in [7, 11) is 1.61. The van der Waals surface area contributed by atoms with Crippen LogP contribution in [-0.4, -0.2) is 43.0 Å². The Kier molecular flexibility index (Phi) is 10.6. The van der Waals surface area contributed by atoms with Gasteiger partial charge in [-0.25, -0.2) is 0 Å². The maximum absolute atomic E-state index is 13.0. The van der Waals surface area contributed by atoms with Crippen LogP contribution in [0, 0.1) is 0 Å². The Morgan fingerprint density at radius 2 is 1.75 bits per heavy atom. The van der Waals surface area contributed by atoms with E-state index in [0.29, 0.717) is 35.4 Å². The average Bonchev–Trinajstić information content (AvgIpc) is 2.80. The number of benzene rings is 2. The molecular formula is C24H30Cl2N2O4. The van der Waals surface area contributed by atoms with E-state index in [0.717, 1.165) is 17.7 Å². The minimum atomic E-state index is -0.619. The molecule has 174 valence electrons. The van der Waals surface area contributed by atoms with Crippen molar-refractivity contribution in [3.8, 4) is 11.5 Å². The van der Waals surface area contributed by atoms with Gasteiger partial charge in [-0.05, 0) is 61.7 Å². The van der Waals surface area contributed by atoms with E-state index < -0.39 is 6.04 Å². The minimum absolute atomic E-state index is 0.131. The van der Waals surface area contributed by atoms with Crippen molar-refractivity contribution in [1.82, 2.24) is 10.2 Å². The molecule has 2 aromatic carbocycles. The first-order valence-corrected chi connectivity index (χ1v) is 11.4. The highest BCUT2D eigenvalue weighted by atomic mass is 35.5. The molecule has 0 aliphatic rings. The molecule has 8 heteroatoms. The van der Waals surface area contributed by atoms with Gasteiger partial charge in [-0.3, -0.25) is 9.59 Å². The van der Waals surface area contributed by atoms with Gasteiger partial charge in [-0.1, -0.05) is 36.2 Å². The molecular weight excluding hydrogens is 451 g/mol. The van der Waals surface area contributed by atoms with Crippen LogP contribution in [0.3, 0.4) is 0 Å². The number of halogens is 2. The zero-order valence-electron chi connectivity index (χ0n) is 18.7. The SMILES string of the molecule is CCCNC(=O)C(C)N(Cc1ccc(Cl)c(Cl)c1)C(=O)CCCOc1ccc(OC)cc1. The lowest BCUT2D eigenvalue weighted by molar-refractivity contribution is -0.140. The lowest BCUT2D eigenvalue weighted by Gasteiger charge is -2.29. The van der Waals surface area contributed by atoms with Gasteiger partial charge in [0.05, 0.1) is 23.8 Å². The molecule has 6 nitrogen and oxygen atoms in total. The number of nitrogens with zero attached hydrogens (tertiary/aromatic N) is 1. The third-order valence-electron chi connectivity index (χ3n) is 4.92. The fraction of sp³-hybridized carbons (Fsp3) is 0.417. The Labute approximate surface area is 199 Å². The second-order valence-electron chi connectivity index (χ2n) is 7.36. The van der Waals surface area contributed by atoms with Gasteiger partial charge >= 0.3 is 0 Å². The summed E-state index contributed by atoms with van der Waals surface area (Å²) in [6.45, 7) is 4.92. The molecule has 0 aliphatic carbocycles. The topological polar surface area (TPSA) is 67.9 Å². The zero-order chi connectivity index (χ0) is 23.5. The normalized spacial score (nSPS) is 11.5. The molecule has 2 amide bonds. The van der Waals surface area contributed by atoms with E-state index in [1.54, 1.807) is 37.1 Å². The van der Waals surface area contributed by atoms with E-state index in [1.807, 2.05) is 31.2 Å². The number of carbonyl (C=O) groups excluding carboxylic acids is 2. The number of hydrogen-bond acceptors (Lipinski definition) is 4. The summed E-state index contributed by atoms with van der Waals surface area (Å²) in [4.78, 5) is 27.1. The number of methoxy groups -OCH3 is 1. The molecule has 0 bridgehead atoms. The summed E-state index contributed by atoms with van der Waals surface area (Å²) in [5.41, 5.74) is 0.803. The van der Waals surface area contributed by atoms with Gasteiger partial charge in [-0.2, -0.15) is 0 Å². The van der Waals surface area contributed by atoms with Gasteiger partial charge in [-0.15, -0.1) is 0 Å². The molecule has 0 saturated carbocycles. The van der Waals surface area contributed by atoms with Gasteiger partial charge in [0.25, 0.3) is 0 Å². The van der Waals surface area contributed by atoms with Crippen LogP contribution in [0.25, 0.3) is 0 Å². The highest BCUT2D eigenvalue weighted by Gasteiger charge is 2.25. The Hall–Kier alpha value is -2.44. The Morgan fingerprint density at radius 3 is 2.38 bits per heavy atom. The first kappa shape index (κ1) is 25.8. The first-order valence-electron chi connectivity index (χ1n) is 10.6. The lowest BCUT2D eigenvalue weighted by Crippen LogP contribution is -2.47. The quantitative estimate of drug-likeness (QED) is 0.428. The number of nitrogens with one attached hydrogen (secondary N) is 1. The summed E-state index contributed by atoms with van der Waals surface area (Å²) in [6.07, 6.45) is 1.59. The van der Waals surface area contributed by atoms with Crippen LogP contribution in [-0.2, 0) is 16.1 Å². The van der Waals surface area contributed by atoms with Gasteiger partial charge in [0, 0.05) is 19.5 Å². The molecule has 32 heavy (non-hydrogen) atoms. The van der Waals surface area contributed by atoms with Crippen molar-refractivity contribution in [2.75, 3.05) is 20.3 Å². The molecule has 0 heterocycles. The maximum Gasteiger partial charge on any atom is 0.242 e. The molecule has 0 fully saturated rings. The molecule has 2 aromatic rings. The molecule has 1 unspecified atom stereocenters. The first-order chi connectivity index (χ1) is 15.3. The van der Waals surface area contributed by atoms with Crippen molar-refractivity contribution in [1.29, 1.82) is 0 Å². The van der Waals surface area contributed by atoms with Crippen LogP contribution in [0.5, 0.6) is 11.5 Å². The van der Waals surface area contributed by atoms with E-state index >= 15 is 0 Å². The van der Waals surface area contributed by atoms with Crippen molar-refractivity contribution in [3.05, 3.63) is 58.1 Å². The zero-order valence-corrected chi connectivity index (χ0v) is 20.2. The molecule has 0 radical (unpaired) electrons. The maximum atomic E-state index is 13.0. The number of hydrogen-bond donors (Lipinski definition) is 1. The summed E-state index contributed by atoms with van der Waals surface area (Å²) in [5, 5.41) is 3.71. The van der Waals surface area contributed by atoms with Crippen LogP contribution >= 0.6 is 23.2 Å². The number of amides is 2. The molecule has 0 aliphatic heterocycles. The van der Waals surface area contributed by atoms with Crippen molar-refractivity contribution >= 4 is 35.0 Å². The molecule has 0 aromatic heterocycles. The summed E-state index contributed by atoms with van der Waals surface area (Å²) in [5.74, 6) is 1.14. The summed E-state index contributed by atoms with van der Waals surface area (Å²) < 4.78 is 10.8. The second kappa shape index (κ2) is 13.2. The highest BCUT2D eigenvalue weighted by molar-refractivity contribution is 6.42. The number of carbonyl (C=O) groups is 2. The van der Waals surface area contributed by atoms with Crippen LogP contribution in [0.1, 0.15) is 38.7 Å². The Balaban J connectivity index is 1.99. The Morgan fingerprint density at radius 1 is 1.06 bits per heavy atom. The number of rotatable bonds is 12. The van der Waals surface area contributed by atoms with Gasteiger partial charge in [0.2, 0.25) is 11.8 Å². The summed E-state index contributed by atoms with van der Waals surface area (Å²) >= 11 is 12.1. The number of ether oxygens (including phenoxy) is 2. The fourth-order valence-electron chi connectivity index (χ4n) is 3.04. The molecule has 1 N–H and O–H groups in total. The van der Waals surface area contributed by atoms with Crippen molar-refractivity contribution < 1.29 is 19.1 Å². The van der Waals surface area contributed by atoms with E-state index in [9.17, 15) is 9.59 Å². The van der Waals surface area contributed by atoms with Crippen molar-refractivity contribution in [2.24, 2.45) is 0 Å². The third kappa shape index (κ3) is 7.92. The van der Waals surface area contributed by atoms with Crippen LogP contribution in [0.4, 0.5) is 0 Å². The second-order valence-corrected chi connectivity index (χ2v) is 8.18. The average molecular weight is 481 g/mol. The smallest absolute Gasteiger partial charge is 0.242 e. The monoisotopic (exact) mass is 480 g/mol. The predicted octanol–water partition coefficient (Wildman–Crippen LogP) is 5.10. The van der Waals surface area contributed by atoms with E-state index in [-0.39, 0.29) is 24.8 Å². The molecule has 2 rings (SSSR count). The molecule has 0 saturated heterocycles. The van der Waals surface area contributed by atoms with Gasteiger partial charge < -0.3 is 19.7 Å². The van der Waals surface area contributed by atoms with E-state index in [1.165, 1.54) is 0 Å². The van der Waals surface area contributed by atoms with Gasteiger partial charge in [0.1, 0.15) is 17.5 Å². The highest BCUT2D eigenvalue weighted by Crippen LogP contribution is 2.24.